The van der Waals surface area contributed by atoms with E-state index >= 15 is 0 Å². The predicted octanol–water partition coefficient (Wildman–Crippen LogP) is 4.30. The Labute approximate surface area is 122 Å². The lowest BCUT2D eigenvalue weighted by molar-refractivity contribution is 0.530. The molecule has 4 heteroatoms. The smallest absolute Gasteiger partial charge is 0.130 e. The monoisotopic (exact) mass is 284 g/mol. The first-order valence-electron chi connectivity index (χ1n) is 6.53. The third kappa shape index (κ3) is 2.80. The second-order valence-electron chi connectivity index (χ2n) is 4.51. The van der Waals surface area contributed by atoms with Crippen LogP contribution in [-0.4, -0.2) is 12.0 Å². The van der Waals surface area contributed by atoms with Crippen LogP contribution in [0.1, 0.15) is 11.3 Å². The van der Waals surface area contributed by atoms with Crippen molar-refractivity contribution in [2.24, 2.45) is 0 Å². The van der Waals surface area contributed by atoms with Crippen LogP contribution in [0.5, 0.6) is 0 Å². The van der Waals surface area contributed by atoms with Gasteiger partial charge in [0.2, 0.25) is 0 Å². The fraction of sp³-hybridized carbons (Fsp3) is 0.188. The Morgan fingerprint density at radius 3 is 2.85 bits per heavy atom. The van der Waals surface area contributed by atoms with Crippen molar-refractivity contribution in [1.82, 2.24) is 4.98 Å². The summed E-state index contributed by atoms with van der Waals surface area (Å²) in [5.41, 5.74) is 2.25. The van der Waals surface area contributed by atoms with E-state index in [1.54, 1.807) is 6.26 Å². The second kappa shape index (κ2) is 6.01. The maximum Gasteiger partial charge on any atom is 0.130 e. The molecule has 2 heterocycles. The van der Waals surface area contributed by atoms with Crippen LogP contribution in [0.3, 0.4) is 0 Å². The molecule has 102 valence electrons. The molecule has 0 unspecified atom stereocenters. The zero-order valence-electron chi connectivity index (χ0n) is 11.3. The number of hydrogen-bond acceptors (Lipinski definition) is 4. The molecule has 0 radical (unpaired) electrons. The first kappa shape index (κ1) is 13.1. The van der Waals surface area contributed by atoms with Crippen LogP contribution in [0.15, 0.2) is 53.1 Å². The maximum atomic E-state index is 5.35. The SMILES string of the molecule is CNc1nc2ccccc2cc1CSCc1ccco1. The van der Waals surface area contributed by atoms with Crippen molar-refractivity contribution in [1.29, 1.82) is 0 Å². The van der Waals surface area contributed by atoms with Gasteiger partial charge in [0.25, 0.3) is 0 Å². The third-order valence-corrected chi connectivity index (χ3v) is 4.13. The van der Waals surface area contributed by atoms with E-state index in [-0.39, 0.29) is 0 Å². The van der Waals surface area contributed by atoms with Crippen LogP contribution in [-0.2, 0) is 11.5 Å². The molecule has 1 N–H and O–H groups in total. The van der Waals surface area contributed by atoms with E-state index in [0.29, 0.717) is 0 Å². The molecule has 0 amide bonds. The highest BCUT2D eigenvalue weighted by atomic mass is 32.2. The number of aromatic nitrogens is 1. The molecule has 3 aromatic rings. The van der Waals surface area contributed by atoms with Gasteiger partial charge in [0, 0.05) is 23.8 Å². The number of para-hydroxylation sites is 1. The summed E-state index contributed by atoms with van der Waals surface area (Å²) in [6, 6.07) is 14.3. The molecule has 0 atom stereocenters. The first-order chi connectivity index (χ1) is 9.86. The van der Waals surface area contributed by atoms with Gasteiger partial charge in [-0.05, 0) is 24.3 Å². The minimum Gasteiger partial charge on any atom is -0.468 e. The minimum absolute atomic E-state index is 0.878. The zero-order valence-corrected chi connectivity index (χ0v) is 12.1. The Kier molecular flexibility index (Phi) is 3.92. The quantitative estimate of drug-likeness (QED) is 0.758. The molecule has 3 nitrogen and oxygen atoms in total. The Morgan fingerprint density at radius 1 is 1.15 bits per heavy atom. The van der Waals surface area contributed by atoms with E-state index in [2.05, 4.69) is 22.4 Å². The Hall–Kier alpha value is -1.94. The van der Waals surface area contributed by atoms with Crippen molar-refractivity contribution in [3.8, 4) is 0 Å². The number of nitrogens with zero attached hydrogens (tertiary/aromatic N) is 1. The number of hydrogen-bond donors (Lipinski definition) is 1. The summed E-state index contributed by atoms with van der Waals surface area (Å²) >= 11 is 1.83. The molecular weight excluding hydrogens is 268 g/mol. The van der Waals surface area contributed by atoms with Gasteiger partial charge in [-0.25, -0.2) is 4.98 Å². The second-order valence-corrected chi connectivity index (χ2v) is 5.50. The standard InChI is InChI=1S/C16H16N2OS/c1-17-16-13(10-20-11-14-6-4-8-19-14)9-12-5-2-3-7-15(12)18-16/h2-9H,10-11H2,1H3,(H,17,18). The Morgan fingerprint density at radius 2 is 2.05 bits per heavy atom. The summed E-state index contributed by atoms with van der Waals surface area (Å²) in [5.74, 6) is 3.75. The fourth-order valence-electron chi connectivity index (χ4n) is 2.14. The summed E-state index contributed by atoms with van der Waals surface area (Å²) in [6.45, 7) is 0. The van der Waals surface area contributed by atoms with Gasteiger partial charge < -0.3 is 9.73 Å². The van der Waals surface area contributed by atoms with Crippen molar-refractivity contribution >= 4 is 28.5 Å². The first-order valence-corrected chi connectivity index (χ1v) is 7.69. The molecule has 20 heavy (non-hydrogen) atoms. The highest BCUT2D eigenvalue weighted by molar-refractivity contribution is 7.97. The number of nitrogens with one attached hydrogen (secondary N) is 1. The molecule has 0 aliphatic carbocycles. The lowest BCUT2D eigenvalue weighted by Crippen LogP contribution is -1.98. The largest absolute Gasteiger partial charge is 0.468 e. The highest BCUT2D eigenvalue weighted by Crippen LogP contribution is 2.25. The van der Waals surface area contributed by atoms with Crippen molar-refractivity contribution in [2.75, 3.05) is 12.4 Å². The number of benzene rings is 1. The molecule has 3 rings (SSSR count). The molecule has 0 saturated carbocycles. The van der Waals surface area contributed by atoms with E-state index in [0.717, 1.165) is 28.6 Å². The molecule has 1 aromatic carbocycles. The molecule has 0 aliphatic rings. The third-order valence-electron chi connectivity index (χ3n) is 3.12. The van der Waals surface area contributed by atoms with Gasteiger partial charge in [-0.3, -0.25) is 0 Å². The lowest BCUT2D eigenvalue weighted by Gasteiger charge is -2.09. The summed E-state index contributed by atoms with van der Waals surface area (Å²) in [4.78, 5) is 4.66. The van der Waals surface area contributed by atoms with Gasteiger partial charge >= 0.3 is 0 Å². The van der Waals surface area contributed by atoms with Gasteiger partial charge in [-0.15, -0.1) is 11.8 Å². The van der Waals surface area contributed by atoms with Crippen molar-refractivity contribution in [2.45, 2.75) is 11.5 Å². The summed E-state index contributed by atoms with van der Waals surface area (Å²) in [7, 11) is 1.91. The Bertz CT molecular complexity index is 695. The van der Waals surface area contributed by atoms with Gasteiger partial charge in [0.05, 0.1) is 17.5 Å². The maximum absolute atomic E-state index is 5.35. The molecule has 0 saturated heterocycles. The van der Waals surface area contributed by atoms with E-state index < -0.39 is 0 Å². The number of pyridine rings is 1. The molecular formula is C16H16N2OS. The lowest BCUT2D eigenvalue weighted by atomic mass is 10.1. The van der Waals surface area contributed by atoms with Gasteiger partial charge in [0.15, 0.2) is 0 Å². The highest BCUT2D eigenvalue weighted by Gasteiger charge is 2.06. The van der Waals surface area contributed by atoms with Crippen molar-refractivity contribution < 1.29 is 4.42 Å². The van der Waals surface area contributed by atoms with Gasteiger partial charge in [-0.1, -0.05) is 18.2 Å². The van der Waals surface area contributed by atoms with E-state index in [4.69, 9.17) is 4.42 Å². The number of fused-ring (bicyclic) bond motifs is 1. The van der Waals surface area contributed by atoms with Crippen LogP contribution >= 0.6 is 11.8 Å². The van der Waals surface area contributed by atoms with E-state index in [9.17, 15) is 0 Å². The van der Waals surface area contributed by atoms with Crippen LogP contribution in [0.25, 0.3) is 10.9 Å². The molecule has 0 aliphatic heterocycles. The van der Waals surface area contributed by atoms with Crippen molar-refractivity contribution in [3.05, 3.63) is 60.1 Å². The van der Waals surface area contributed by atoms with Crippen LogP contribution < -0.4 is 5.32 Å². The topological polar surface area (TPSA) is 38.1 Å². The number of furan rings is 1. The predicted molar refractivity (Wildman–Crippen MR) is 85.0 cm³/mol. The zero-order chi connectivity index (χ0) is 13.8. The summed E-state index contributed by atoms with van der Waals surface area (Å²) in [6.07, 6.45) is 1.71. The van der Waals surface area contributed by atoms with Crippen molar-refractivity contribution in [3.63, 3.8) is 0 Å². The molecule has 0 bridgehead atoms. The average Bonchev–Trinajstić information content (AvgIpc) is 3.00. The normalized spacial score (nSPS) is 10.8. The Balaban J connectivity index is 1.78. The number of thioether (sulfide) groups is 1. The van der Waals surface area contributed by atoms with Gasteiger partial charge in [0.1, 0.15) is 11.6 Å². The van der Waals surface area contributed by atoms with Crippen LogP contribution in [0, 0.1) is 0 Å². The van der Waals surface area contributed by atoms with Gasteiger partial charge in [-0.2, -0.15) is 0 Å². The van der Waals surface area contributed by atoms with E-state index in [1.807, 2.05) is 49.1 Å². The fourth-order valence-corrected chi connectivity index (χ4v) is 3.05. The molecule has 0 fully saturated rings. The van der Waals surface area contributed by atoms with Crippen LogP contribution in [0.2, 0.25) is 0 Å². The number of anilines is 1. The minimum atomic E-state index is 0.878. The number of rotatable bonds is 5. The summed E-state index contributed by atoms with van der Waals surface area (Å²) < 4.78 is 5.35. The molecule has 2 aromatic heterocycles. The van der Waals surface area contributed by atoms with Crippen LogP contribution in [0.4, 0.5) is 5.82 Å². The van der Waals surface area contributed by atoms with E-state index in [1.165, 1.54) is 10.9 Å². The molecule has 0 spiro atoms. The summed E-state index contributed by atoms with van der Waals surface area (Å²) in [5, 5.41) is 4.36. The average molecular weight is 284 g/mol.